The molecule has 1 N–H and O–H groups in total. The van der Waals surface area contributed by atoms with E-state index in [2.05, 4.69) is 27.2 Å². The number of amides is 2. The number of nitrogens with one attached hydrogen (secondary N) is 1. The summed E-state index contributed by atoms with van der Waals surface area (Å²) < 4.78 is 5.30. The Balaban J connectivity index is 1.02. The van der Waals surface area contributed by atoms with Gasteiger partial charge >= 0.3 is 0 Å². The minimum Gasteiger partial charge on any atom is -0.360 e. The number of nitrogens with zero attached hydrogens (tertiary/aromatic N) is 3. The summed E-state index contributed by atoms with van der Waals surface area (Å²) in [4.78, 5) is 30.2. The molecule has 5 heterocycles. The van der Waals surface area contributed by atoms with Crippen molar-refractivity contribution in [3.63, 3.8) is 0 Å². The third-order valence-corrected chi connectivity index (χ3v) is 8.15. The standard InChI is InChI=1S/C22H30N4O3/c1-13-8-15(23-21(28)18-9-19(29-24-18)14-2-3-14)6-7-25(13)20(27)12-22-10-16-4-5-17(11-22)26(16)22/h9,13-17H,2-8,10-12H2,1H3,(H,23,28)/t13-,15?,16?,17?,22?/m1/s1. The highest BCUT2D eigenvalue weighted by atomic mass is 16.5. The van der Waals surface area contributed by atoms with Gasteiger partial charge in [-0.2, -0.15) is 0 Å². The van der Waals surface area contributed by atoms with E-state index < -0.39 is 0 Å². The van der Waals surface area contributed by atoms with E-state index in [-0.39, 0.29) is 23.5 Å². The fourth-order valence-corrected chi connectivity index (χ4v) is 6.59. The molecule has 29 heavy (non-hydrogen) atoms. The van der Waals surface area contributed by atoms with Crippen LogP contribution in [0.1, 0.15) is 86.9 Å². The number of rotatable bonds is 5. The van der Waals surface area contributed by atoms with Gasteiger partial charge in [-0.05, 0) is 58.3 Å². The predicted molar refractivity (Wildman–Crippen MR) is 105 cm³/mol. The first-order chi connectivity index (χ1) is 14.0. The van der Waals surface area contributed by atoms with Crippen molar-refractivity contribution in [1.82, 2.24) is 20.3 Å². The van der Waals surface area contributed by atoms with Crippen molar-refractivity contribution in [2.24, 2.45) is 0 Å². The lowest BCUT2D eigenvalue weighted by atomic mass is 9.66. The van der Waals surface area contributed by atoms with Crippen LogP contribution in [0.25, 0.3) is 0 Å². The molecule has 0 radical (unpaired) electrons. The molecule has 0 aromatic carbocycles. The van der Waals surface area contributed by atoms with Crippen LogP contribution in [0.4, 0.5) is 0 Å². The summed E-state index contributed by atoms with van der Waals surface area (Å²) in [6, 6.07) is 3.54. The summed E-state index contributed by atoms with van der Waals surface area (Å²) in [7, 11) is 0. The zero-order valence-electron chi connectivity index (χ0n) is 17.1. The molecule has 7 heteroatoms. The minimum atomic E-state index is -0.161. The van der Waals surface area contributed by atoms with Gasteiger partial charge in [-0.25, -0.2) is 0 Å². The smallest absolute Gasteiger partial charge is 0.273 e. The Bertz CT molecular complexity index is 833. The summed E-state index contributed by atoms with van der Waals surface area (Å²) in [5, 5.41) is 7.03. The van der Waals surface area contributed by atoms with E-state index in [4.69, 9.17) is 4.52 Å². The largest absolute Gasteiger partial charge is 0.360 e. The molecular formula is C22H30N4O3. The molecule has 4 atom stereocenters. The van der Waals surface area contributed by atoms with Gasteiger partial charge in [0.1, 0.15) is 5.76 Å². The summed E-state index contributed by atoms with van der Waals surface area (Å²) in [6.45, 7) is 2.83. The quantitative estimate of drug-likeness (QED) is 0.824. The number of carbonyl (C=O) groups is 2. The first-order valence-electron chi connectivity index (χ1n) is 11.4. The number of hydrogen-bond donors (Lipinski definition) is 1. The highest BCUT2D eigenvalue weighted by Gasteiger charge is 2.66. The highest BCUT2D eigenvalue weighted by Crippen LogP contribution is 2.60. The van der Waals surface area contributed by atoms with Crippen LogP contribution >= 0.6 is 0 Å². The maximum Gasteiger partial charge on any atom is 0.273 e. The lowest BCUT2D eigenvalue weighted by molar-refractivity contribution is -0.179. The summed E-state index contributed by atoms with van der Waals surface area (Å²) in [5.41, 5.74) is 0.571. The zero-order valence-corrected chi connectivity index (χ0v) is 17.1. The second-order valence-electron chi connectivity index (χ2n) is 10.1. The van der Waals surface area contributed by atoms with Crippen molar-refractivity contribution < 1.29 is 14.1 Å². The molecule has 156 valence electrons. The fourth-order valence-electron chi connectivity index (χ4n) is 6.59. The second-order valence-corrected chi connectivity index (χ2v) is 10.1. The number of piperidine rings is 2. The van der Waals surface area contributed by atoms with Gasteiger partial charge in [0.2, 0.25) is 5.91 Å². The van der Waals surface area contributed by atoms with E-state index in [9.17, 15) is 9.59 Å². The molecule has 0 bridgehead atoms. The van der Waals surface area contributed by atoms with Gasteiger partial charge in [-0.3, -0.25) is 14.5 Å². The average molecular weight is 399 g/mol. The van der Waals surface area contributed by atoms with E-state index >= 15 is 0 Å². The van der Waals surface area contributed by atoms with Gasteiger partial charge in [0, 0.05) is 54.7 Å². The van der Waals surface area contributed by atoms with Crippen LogP contribution < -0.4 is 5.32 Å². The second kappa shape index (κ2) is 6.30. The molecule has 5 aliphatic rings. The van der Waals surface area contributed by atoms with Crippen molar-refractivity contribution in [2.75, 3.05) is 6.54 Å². The topological polar surface area (TPSA) is 78.7 Å². The van der Waals surface area contributed by atoms with Gasteiger partial charge in [-0.15, -0.1) is 0 Å². The monoisotopic (exact) mass is 398 g/mol. The molecule has 3 unspecified atom stereocenters. The Labute approximate surface area is 171 Å². The van der Waals surface area contributed by atoms with Gasteiger partial charge in [0.15, 0.2) is 5.69 Å². The fraction of sp³-hybridized carbons (Fsp3) is 0.773. The molecule has 0 spiro atoms. The van der Waals surface area contributed by atoms with Crippen LogP contribution in [-0.2, 0) is 4.79 Å². The average Bonchev–Trinajstić information content (AvgIpc) is 3.37. The predicted octanol–water partition coefficient (Wildman–Crippen LogP) is 2.43. The van der Waals surface area contributed by atoms with E-state index in [0.29, 0.717) is 23.9 Å². The molecule has 5 fully saturated rings. The molecule has 4 saturated heterocycles. The number of aromatic nitrogens is 1. The van der Waals surface area contributed by atoms with Gasteiger partial charge in [0.25, 0.3) is 5.91 Å². The van der Waals surface area contributed by atoms with E-state index in [1.165, 1.54) is 25.7 Å². The summed E-state index contributed by atoms with van der Waals surface area (Å²) in [6.07, 6.45) is 9.63. The Morgan fingerprint density at radius 1 is 1.21 bits per heavy atom. The minimum absolute atomic E-state index is 0.0838. The van der Waals surface area contributed by atoms with Crippen LogP contribution in [0.15, 0.2) is 10.6 Å². The lowest BCUT2D eigenvalue weighted by Crippen LogP contribution is -2.76. The molecule has 4 aliphatic heterocycles. The molecule has 1 saturated carbocycles. The van der Waals surface area contributed by atoms with Crippen molar-refractivity contribution in [3.05, 3.63) is 17.5 Å². The van der Waals surface area contributed by atoms with Crippen molar-refractivity contribution >= 4 is 11.8 Å². The number of carbonyl (C=O) groups excluding carboxylic acids is 2. The SMILES string of the molecule is C[C@@H]1CC(NC(=O)c2cc(C3CC3)on2)CCN1C(=O)CC12CC3CCC(C1)N32. The summed E-state index contributed by atoms with van der Waals surface area (Å²) >= 11 is 0. The van der Waals surface area contributed by atoms with Crippen LogP contribution in [-0.4, -0.2) is 63.0 Å². The highest BCUT2D eigenvalue weighted by molar-refractivity contribution is 5.92. The maximum atomic E-state index is 13.0. The van der Waals surface area contributed by atoms with Crippen molar-refractivity contribution in [2.45, 2.75) is 100 Å². The van der Waals surface area contributed by atoms with Crippen LogP contribution in [0.5, 0.6) is 0 Å². The van der Waals surface area contributed by atoms with Crippen LogP contribution in [0.3, 0.4) is 0 Å². The molecule has 6 rings (SSSR count). The third kappa shape index (κ3) is 2.84. The van der Waals surface area contributed by atoms with Crippen LogP contribution in [0, 0.1) is 0 Å². The molecule has 7 nitrogen and oxygen atoms in total. The zero-order chi connectivity index (χ0) is 19.8. The molecule has 2 amide bonds. The summed E-state index contributed by atoms with van der Waals surface area (Å²) in [5.74, 6) is 1.43. The lowest BCUT2D eigenvalue weighted by Gasteiger charge is -2.67. The molecule has 1 aromatic rings. The van der Waals surface area contributed by atoms with Crippen molar-refractivity contribution in [1.29, 1.82) is 0 Å². The van der Waals surface area contributed by atoms with Crippen LogP contribution in [0.2, 0.25) is 0 Å². The van der Waals surface area contributed by atoms with Crippen molar-refractivity contribution in [3.8, 4) is 0 Å². The molecule has 1 aromatic heterocycles. The normalized spacial score (nSPS) is 38.2. The Morgan fingerprint density at radius 2 is 1.97 bits per heavy atom. The van der Waals surface area contributed by atoms with Gasteiger partial charge in [0.05, 0.1) is 0 Å². The van der Waals surface area contributed by atoms with E-state index in [1.54, 1.807) is 6.07 Å². The Morgan fingerprint density at radius 3 is 2.66 bits per heavy atom. The van der Waals surface area contributed by atoms with Gasteiger partial charge in [-0.1, -0.05) is 5.16 Å². The van der Waals surface area contributed by atoms with E-state index in [0.717, 1.165) is 50.1 Å². The Kier molecular flexibility index (Phi) is 3.90. The first-order valence-corrected chi connectivity index (χ1v) is 11.4. The Hall–Kier alpha value is -1.89. The van der Waals surface area contributed by atoms with E-state index in [1.807, 2.05) is 0 Å². The first kappa shape index (κ1) is 17.9. The maximum absolute atomic E-state index is 13.0. The number of likely N-dealkylation sites (tertiary alicyclic amines) is 1. The molecule has 1 aliphatic carbocycles. The molecular weight excluding hydrogens is 368 g/mol. The number of hydrogen-bond acceptors (Lipinski definition) is 5. The van der Waals surface area contributed by atoms with Gasteiger partial charge < -0.3 is 14.7 Å². The third-order valence-electron chi connectivity index (χ3n) is 8.15.